The fourth-order valence-corrected chi connectivity index (χ4v) is 2.40. The minimum absolute atomic E-state index is 0.0756. The van der Waals surface area contributed by atoms with Crippen molar-refractivity contribution in [3.63, 3.8) is 0 Å². The van der Waals surface area contributed by atoms with Gasteiger partial charge in [-0.05, 0) is 18.9 Å². The SMILES string of the molecule is CC(=NO)c1csc(NC(=O)CCc2ccccc2)n1. The largest absolute Gasteiger partial charge is 0.411 e. The zero-order chi connectivity index (χ0) is 14.4. The molecule has 1 aromatic carbocycles. The molecule has 6 heteroatoms. The monoisotopic (exact) mass is 289 g/mol. The summed E-state index contributed by atoms with van der Waals surface area (Å²) in [7, 11) is 0. The molecule has 2 rings (SSSR count). The van der Waals surface area contributed by atoms with Crippen LogP contribution in [-0.4, -0.2) is 21.8 Å². The topological polar surface area (TPSA) is 74.6 Å². The highest BCUT2D eigenvalue weighted by Crippen LogP contribution is 2.16. The maximum atomic E-state index is 11.8. The van der Waals surface area contributed by atoms with Gasteiger partial charge in [0.2, 0.25) is 5.91 Å². The van der Waals surface area contributed by atoms with Gasteiger partial charge in [-0.3, -0.25) is 4.79 Å². The number of carbonyl (C=O) groups is 1. The lowest BCUT2D eigenvalue weighted by Gasteiger charge is -2.02. The third-order valence-electron chi connectivity index (χ3n) is 2.75. The van der Waals surface area contributed by atoms with E-state index in [1.165, 1.54) is 11.3 Å². The van der Waals surface area contributed by atoms with Crippen LogP contribution in [0.15, 0.2) is 40.9 Å². The standard InChI is InChI=1S/C14H15N3O2S/c1-10(17-19)12-9-20-14(15-12)16-13(18)8-7-11-5-3-2-4-6-11/h2-6,9,19H,7-8H2,1H3,(H,15,16,18). The van der Waals surface area contributed by atoms with E-state index in [-0.39, 0.29) is 5.91 Å². The number of hydrogen-bond acceptors (Lipinski definition) is 5. The normalized spacial score (nSPS) is 11.3. The Morgan fingerprint density at radius 1 is 1.40 bits per heavy atom. The Bertz CT molecular complexity index is 608. The van der Waals surface area contributed by atoms with Crippen molar-refractivity contribution in [2.75, 3.05) is 5.32 Å². The first-order chi connectivity index (χ1) is 9.69. The van der Waals surface area contributed by atoms with E-state index >= 15 is 0 Å². The number of nitrogens with one attached hydrogen (secondary N) is 1. The number of rotatable bonds is 5. The van der Waals surface area contributed by atoms with Gasteiger partial charge in [-0.15, -0.1) is 11.3 Å². The summed E-state index contributed by atoms with van der Waals surface area (Å²) in [5.41, 5.74) is 2.12. The van der Waals surface area contributed by atoms with Gasteiger partial charge in [-0.25, -0.2) is 4.98 Å². The van der Waals surface area contributed by atoms with Gasteiger partial charge in [0.1, 0.15) is 11.4 Å². The summed E-state index contributed by atoms with van der Waals surface area (Å²) in [5.74, 6) is -0.0756. The number of amides is 1. The van der Waals surface area contributed by atoms with E-state index in [9.17, 15) is 4.79 Å². The fraction of sp³-hybridized carbons (Fsp3) is 0.214. The Hall–Kier alpha value is -2.21. The van der Waals surface area contributed by atoms with Crippen molar-refractivity contribution in [2.24, 2.45) is 5.16 Å². The second-order valence-corrected chi connectivity index (χ2v) is 5.12. The van der Waals surface area contributed by atoms with Crippen molar-refractivity contribution in [3.05, 3.63) is 47.0 Å². The molecule has 1 aromatic heterocycles. The van der Waals surface area contributed by atoms with Crippen LogP contribution in [0.25, 0.3) is 0 Å². The molecule has 0 aliphatic rings. The molecule has 0 atom stereocenters. The fourth-order valence-electron chi connectivity index (χ4n) is 1.63. The number of hydrogen-bond donors (Lipinski definition) is 2. The van der Waals surface area contributed by atoms with Gasteiger partial charge in [-0.2, -0.15) is 0 Å². The Morgan fingerprint density at radius 2 is 2.15 bits per heavy atom. The Balaban J connectivity index is 1.87. The predicted molar refractivity (Wildman–Crippen MR) is 79.5 cm³/mol. The molecular weight excluding hydrogens is 274 g/mol. The maximum absolute atomic E-state index is 11.8. The van der Waals surface area contributed by atoms with Crippen LogP contribution in [-0.2, 0) is 11.2 Å². The van der Waals surface area contributed by atoms with Crippen LogP contribution in [0.4, 0.5) is 5.13 Å². The van der Waals surface area contributed by atoms with Crippen molar-refractivity contribution < 1.29 is 10.0 Å². The molecule has 0 radical (unpaired) electrons. The first kappa shape index (κ1) is 14.2. The maximum Gasteiger partial charge on any atom is 0.226 e. The molecule has 0 aliphatic heterocycles. The average Bonchev–Trinajstić information content (AvgIpc) is 2.94. The quantitative estimate of drug-likeness (QED) is 0.505. The van der Waals surface area contributed by atoms with E-state index in [1.807, 2.05) is 30.3 Å². The van der Waals surface area contributed by atoms with Crippen molar-refractivity contribution in [1.82, 2.24) is 4.98 Å². The van der Waals surface area contributed by atoms with Crippen molar-refractivity contribution in [1.29, 1.82) is 0 Å². The Morgan fingerprint density at radius 3 is 2.85 bits per heavy atom. The summed E-state index contributed by atoms with van der Waals surface area (Å²) in [6.07, 6.45) is 1.11. The molecule has 0 fully saturated rings. The van der Waals surface area contributed by atoms with Crippen LogP contribution in [0.3, 0.4) is 0 Å². The molecule has 0 unspecified atom stereocenters. The zero-order valence-corrected chi connectivity index (χ0v) is 11.9. The van der Waals surface area contributed by atoms with E-state index in [0.29, 0.717) is 29.4 Å². The molecule has 0 bridgehead atoms. The molecule has 5 nitrogen and oxygen atoms in total. The molecule has 104 valence electrons. The van der Waals surface area contributed by atoms with Crippen LogP contribution in [0, 0.1) is 0 Å². The van der Waals surface area contributed by atoms with Gasteiger partial charge in [0.25, 0.3) is 0 Å². The van der Waals surface area contributed by atoms with Crippen LogP contribution >= 0.6 is 11.3 Å². The lowest BCUT2D eigenvalue weighted by molar-refractivity contribution is -0.116. The van der Waals surface area contributed by atoms with Gasteiger partial charge in [0.15, 0.2) is 5.13 Å². The van der Waals surface area contributed by atoms with E-state index in [1.54, 1.807) is 12.3 Å². The van der Waals surface area contributed by atoms with Gasteiger partial charge < -0.3 is 10.5 Å². The lowest BCUT2D eigenvalue weighted by atomic mass is 10.1. The lowest BCUT2D eigenvalue weighted by Crippen LogP contribution is -2.12. The van der Waals surface area contributed by atoms with Crippen molar-refractivity contribution >= 4 is 28.1 Å². The number of carbonyl (C=O) groups excluding carboxylic acids is 1. The van der Waals surface area contributed by atoms with Gasteiger partial charge in [0.05, 0.1) is 0 Å². The molecule has 1 amide bonds. The van der Waals surface area contributed by atoms with E-state index in [2.05, 4.69) is 15.5 Å². The van der Waals surface area contributed by atoms with Crippen LogP contribution in [0.2, 0.25) is 0 Å². The molecule has 20 heavy (non-hydrogen) atoms. The highest BCUT2D eigenvalue weighted by Gasteiger charge is 2.08. The molecule has 2 aromatic rings. The van der Waals surface area contributed by atoms with Crippen LogP contribution in [0.5, 0.6) is 0 Å². The Kier molecular flexibility index (Phi) is 4.84. The Labute approximate surface area is 121 Å². The number of aryl methyl sites for hydroxylation is 1. The number of thiazole rings is 1. The van der Waals surface area contributed by atoms with E-state index < -0.39 is 0 Å². The van der Waals surface area contributed by atoms with Crippen molar-refractivity contribution in [3.8, 4) is 0 Å². The first-order valence-corrected chi connectivity index (χ1v) is 7.05. The average molecular weight is 289 g/mol. The van der Waals surface area contributed by atoms with Crippen LogP contribution in [0.1, 0.15) is 24.6 Å². The highest BCUT2D eigenvalue weighted by atomic mass is 32.1. The summed E-state index contributed by atoms with van der Waals surface area (Å²) in [4.78, 5) is 16.0. The zero-order valence-electron chi connectivity index (χ0n) is 11.0. The number of oxime groups is 1. The van der Waals surface area contributed by atoms with Gasteiger partial charge in [0, 0.05) is 11.8 Å². The number of nitrogens with zero attached hydrogens (tertiary/aromatic N) is 2. The smallest absolute Gasteiger partial charge is 0.226 e. The third-order valence-corrected chi connectivity index (χ3v) is 3.51. The number of benzene rings is 1. The molecule has 2 N–H and O–H groups in total. The van der Waals surface area contributed by atoms with E-state index in [4.69, 9.17) is 5.21 Å². The van der Waals surface area contributed by atoms with E-state index in [0.717, 1.165) is 5.56 Å². The second kappa shape index (κ2) is 6.81. The van der Waals surface area contributed by atoms with Crippen molar-refractivity contribution in [2.45, 2.75) is 19.8 Å². The first-order valence-electron chi connectivity index (χ1n) is 6.17. The summed E-state index contributed by atoms with van der Waals surface area (Å²) in [5, 5.41) is 16.7. The molecule has 0 saturated heterocycles. The third kappa shape index (κ3) is 3.89. The van der Waals surface area contributed by atoms with Gasteiger partial charge >= 0.3 is 0 Å². The number of aromatic nitrogens is 1. The molecule has 0 saturated carbocycles. The van der Waals surface area contributed by atoms with Gasteiger partial charge in [-0.1, -0.05) is 35.5 Å². The van der Waals surface area contributed by atoms with Crippen LogP contribution < -0.4 is 5.32 Å². The minimum atomic E-state index is -0.0756. The highest BCUT2D eigenvalue weighted by molar-refractivity contribution is 7.14. The predicted octanol–water partition coefficient (Wildman–Crippen LogP) is 2.91. The summed E-state index contributed by atoms with van der Waals surface area (Å²) < 4.78 is 0. The summed E-state index contributed by atoms with van der Waals surface area (Å²) in [6.45, 7) is 1.65. The summed E-state index contributed by atoms with van der Waals surface area (Å²) >= 11 is 1.31. The summed E-state index contributed by atoms with van der Waals surface area (Å²) in [6, 6.07) is 9.85. The molecular formula is C14H15N3O2S. The molecule has 0 aliphatic carbocycles. The second-order valence-electron chi connectivity index (χ2n) is 4.26. The number of anilines is 1. The molecule has 1 heterocycles. The molecule has 0 spiro atoms. The minimum Gasteiger partial charge on any atom is -0.411 e.